The molecule has 2 N–H and O–H groups in total. The van der Waals surface area contributed by atoms with E-state index in [1.54, 1.807) is 12.0 Å². The molecule has 1 aromatic rings. The van der Waals surface area contributed by atoms with Crippen molar-refractivity contribution in [3.63, 3.8) is 0 Å². The van der Waals surface area contributed by atoms with Crippen LogP contribution >= 0.6 is 0 Å². The van der Waals surface area contributed by atoms with Gasteiger partial charge in [0.25, 0.3) is 5.91 Å². The number of carbonyl (C=O) groups is 1. The molecule has 0 aliphatic rings. The normalized spacial score (nSPS) is 10.3. The van der Waals surface area contributed by atoms with Gasteiger partial charge in [-0.3, -0.25) is 4.79 Å². The second-order valence-corrected chi connectivity index (χ2v) is 3.61. The van der Waals surface area contributed by atoms with Crippen LogP contribution in [0.15, 0.2) is 18.2 Å². The third-order valence-electron chi connectivity index (χ3n) is 2.48. The largest absolute Gasteiger partial charge is 0.398 e. The number of ether oxygens (including phenoxy) is 1. The van der Waals surface area contributed by atoms with Gasteiger partial charge in [-0.15, -0.1) is 0 Å². The van der Waals surface area contributed by atoms with Gasteiger partial charge in [-0.05, 0) is 25.1 Å². The van der Waals surface area contributed by atoms with Gasteiger partial charge in [-0.2, -0.15) is 0 Å². The van der Waals surface area contributed by atoms with Crippen molar-refractivity contribution < 1.29 is 13.9 Å². The van der Waals surface area contributed by atoms with Crippen molar-refractivity contribution >= 4 is 11.6 Å². The number of carbonyl (C=O) groups excluding carboxylic acids is 1. The summed E-state index contributed by atoms with van der Waals surface area (Å²) in [6.07, 6.45) is 0. The number of nitrogens with two attached hydrogens (primary N) is 1. The Morgan fingerprint density at radius 3 is 2.76 bits per heavy atom. The Bertz CT molecular complexity index is 396. The lowest BCUT2D eigenvalue weighted by atomic mass is 10.1. The number of hydrogen-bond donors (Lipinski definition) is 1. The van der Waals surface area contributed by atoms with Crippen LogP contribution in [0.25, 0.3) is 0 Å². The molecule has 0 radical (unpaired) electrons. The standard InChI is InChI=1S/C12H17FN2O2/c1-3-15(6-7-17-2)12(16)10-5-4-9(13)8-11(10)14/h4-5,8H,3,6-7,14H2,1-2H3. The number of amides is 1. The van der Waals surface area contributed by atoms with E-state index in [0.29, 0.717) is 25.3 Å². The third-order valence-corrected chi connectivity index (χ3v) is 2.48. The Balaban J connectivity index is 2.86. The topological polar surface area (TPSA) is 55.6 Å². The number of nitrogens with zero attached hydrogens (tertiary/aromatic N) is 1. The second-order valence-electron chi connectivity index (χ2n) is 3.61. The Kier molecular flexibility index (Phi) is 4.90. The molecule has 0 spiro atoms. The average molecular weight is 240 g/mol. The van der Waals surface area contributed by atoms with Gasteiger partial charge >= 0.3 is 0 Å². The molecule has 94 valence electrons. The Hall–Kier alpha value is -1.62. The molecule has 0 bridgehead atoms. The lowest BCUT2D eigenvalue weighted by Gasteiger charge is -2.21. The number of benzene rings is 1. The first kappa shape index (κ1) is 13.4. The van der Waals surface area contributed by atoms with Crippen molar-refractivity contribution in [2.24, 2.45) is 0 Å². The predicted octanol–water partition coefficient (Wildman–Crippen LogP) is 1.52. The van der Waals surface area contributed by atoms with E-state index >= 15 is 0 Å². The van der Waals surface area contributed by atoms with Crippen LogP contribution in [-0.4, -0.2) is 37.6 Å². The molecule has 0 saturated carbocycles. The molecule has 1 amide bonds. The minimum absolute atomic E-state index is 0.158. The third kappa shape index (κ3) is 3.42. The Morgan fingerprint density at radius 1 is 1.53 bits per heavy atom. The van der Waals surface area contributed by atoms with E-state index in [4.69, 9.17) is 10.5 Å². The van der Waals surface area contributed by atoms with E-state index < -0.39 is 5.82 Å². The number of nitrogen functional groups attached to an aromatic ring is 1. The quantitative estimate of drug-likeness (QED) is 0.794. The van der Waals surface area contributed by atoms with E-state index in [-0.39, 0.29) is 11.6 Å². The summed E-state index contributed by atoms with van der Waals surface area (Å²) in [7, 11) is 1.57. The average Bonchev–Trinajstić information content (AvgIpc) is 2.29. The van der Waals surface area contributed by atoms with Crippen molar-refractivity contribution in [3.8, 4) is 0 Å². The van der Waals surface area contributed by atoms with Gasteiger partial charge in [0.2, 0.25) is 0 Å². The van der Waals surface area contributed by atoms with E-state index in [9.17, 15) is 9.18 Å². The number of rotatable bonds is 5. The van der Waals surface area contributed by atoms with Crippen LogP contribution in [0.1, 0.15) is 17.3 Å². The fraction of sp³-hybridized carbons (Fsp3) is 0.417. The zero-order valence-corrected chi connectivity index (χ0v) is 10.1. The molecule has 0 saturated heterocycles. The first-order valence-electron chi connectivity index (χ1n) is 5.43. The molecule has 1 rings (SSSR count). The van der Waals surface area contributed by atoms with E-state index in [1.165, 1.54) is 12.1 Å². The summed E-state index contributed by atoms with van der Waals surface area (Å²) in [6.45, 7) is 3.37. The highest BCUT2D eigenvalue weighted by Crippen LogP contribution is 2.15. The molecule has 0 unspecified atom stereocenters. The van der Waals surface area contributed by atoms with Crippen LogP contribution in [0, 0.1) is 5.82 Å². The number of hydrogen-bond acceptors (Lipinski definition) is 3. The summed E-state index contributed by atoms with van der Waals surface area (Å²) in [6, 6.07) is 3.79. The summed E-state index contributed by atoms with van der Waals surface area (Å²) < 4.78 is 17.8. The van der Waals surface area contributed by atoms with Gasteiger partial charge in [0.1, 0.15) is 5.82 Å². The van der Waals surface area contributed by atoms with E-state index in [2.05, 4.69) is 0 Å². The van der Waals surface area contributed by atoms with Crippen LogP contribution in [-0.2, 0) is 4.74 Å². The molecule has 1 aromatic carbocycles. The summed E-state index contributed by atoms with van der Waals surface area (Å²) in [5.74, 6) is -0.652. The lowest BCUT2D eigenvalue weighted by molar-refractivity contribution is 0.0707. The maximum absolute atomic E-state index is 12.9. The highest BCUT2D eigenvalue weighted by Gasteiger charge is 2.16. The molecular formula is C12H17FN2O2. The molecule has 17 heavy (non-hydrogen) atoms. The smallest absolute Gasteiger partial charge is 0.256 e. The van der Waals surface area contributed by atoms with Crippen molar-refractivity contribution in [2.75, 3.05) is 32.5 Å². The molecule has 0 heterocycles. The van der Waals surface area contributed by atoms with Crippen LogP contribution in [0.2, 0.25) is 0 Å². The van der Waals surface area contributed by atoms with Crippen LogP contribution in [0.4, 0.5) is 10.1 Å². The van der Waals surface area contributed by atoms with Crippen molar-refractivity contribution in [3.05, 3.63) is 29.6 Å². The minimum atomic E-state index is -0.445. The zero-order chi connectivity index (χ0) is 12.8. The van der Waals surface area contributed by atoms with Crippen molar-refractivity contribution in [1.29, 1.82) is 0 Å². The number of halogens is 1. The molecule has 5 heteroatoms. The Labute approximate surface area is 100 Å². The molecule has 0 aliphatic carbocycles. The maximum atomic E-state index is 12.9. The predicted molar refractivity (Wildman–Crippen MR) is 64.3 cm³/mol. The van der Waals surface area contributed by atoms with Crippen molar-refractivity contribution in [2.45, 2.75) is 6.92 Å². The SMILES string of the molecule is CCN(CCOC)C(=O)c1ccc(F)cc1N. The Morgan fingerprint density at radius 2 is 2.24 bits per heavy atom. The number of anilines is 1. The van der Waals surface area contributed by atoms with Gasteiger partial charge in [0, 0.05) is 25.9 Å². The summed E-state index contributed by atoms with van der Waals surface area (Å²) in [4.78, 5) is 13.7. The highest BCUT2D eigenvalue weighted by atomic mass is 19.1. The summed E-state index contributed by atoms with van der Waals surface area (Å²) >= 11 is 0. The first-order valence-corrected chi connectivity index (χ1v) is 5.43. The van der Waals surface area contributed by atoms with Gasteiger partial charge in [-0.1, -0.05) is 0 Å². The van der Waals surface area contributed by atoms with Crippen LogP contribution < -0.4 is 5.73 Å². The van der Waals surface area contributed by atoms with Crippen molar-refractivity contribution in [1.82, 2.24) is 4.90 Å². The minimum Gasteiger partial charge on any atom is -0.398 e. The van der Waals surface area contributed by atoms with E-state index in [0.717, 1.165) is 6.07 Å². The van der Waals surface area contributed by atoms with Gasteiger partial charge < -0.3 is 15.4 Å². The fourth-order valence-corrected chi connectivity index (χ4v) is 1.50. The van der Waals surface area contributed by atoms with Crippen LogP contribution in [0.5, 0.6) is 0 Å². The van der Waals surface area contributed by atoms with Gasteiger partial charge in [0.05, 0.1) is 12.2 Å². The highest BCUT2D eigenvalue weighted by molar-refractivity contribution is 5.99. The zero-order valence-electron chi connectivity index (χ0n) is 10.1. The molecule has 0 aromatic heterocycles. The monoisotopic (exact) mass is 240 g/mol. The molecule has 0 aliphatic heterocycles. The number of likely N-dealkylation sites (N-methyl/N-ethyl adjacent to an activating group) is 1. The summed E-state index contributed by atoms with van der Waals surface area (Å²) in [5.41, 5.74) is 6.11. The fourth-order valence-electron chi connectivity index (χ4n) is 1.50. The molecule has 0 atom stereocenters. The molecule has 0 fully saturated rings. The summed E-state index contributed by atoms with van der Waals surface area (Å²) in [5, 5.41) is 0. The lowest BCUT2D eigenvalue weighted by Crippen LogP contribution is -2.34. The van der Waals surface area contributed by atoms with Crippen LogP contribution in [0.3, 0.4) is 0 Å². The maximum Gasteiger partial charge on any atom is 0.256 e. The molecule has 4 nitrogen and oxygen atoms in total. The van der Waals surface area contributed by atoms with Gasteiger partial charge in [-0.25, -0.2) is 4.39 Å². The number of methoxy groups -OCH3 is 1. The van der Waals surface area contributed by atoms with Gasteiger partial charge in [0.15, 0.2) is 0 Å². The second kappa shape index (κ2) is 6.20. The molecular weight excluding hydrogens is 223 g/mol. The first-order chi connectivity index (χ1) is 8.10. The van der Waals surface area contributed by atoms with E-state index in [1.807, 2.05) is 6.92 Å².